The van der Waals surface area contributed by atoms with Crippen molar-refractivity contribution in [2.24, 2.45) is 0 Å². The second-order valence-corrected chi connectivity index (χ2v) is 9.62. The number of aromatic nitrogens is 1. The average Bonchev–Trinajstić information content (AvgIpc) is 2.81. The summed E-state index contributed by atoms with van der Waals surface area (Å²) in [6.45, 7) is 4.40. The Labute approximate surface area is 188 Å². The van der Waals surface area contributed by atoms with Gasteiger partial charge in [-0.05, 0) is 113 Å². The Morgan fingerprint density at radius 2 is 1.25 bits per heavy atom. The molecule has 5 aromatic rings. The van der Waals surface area contributed by atoms with Gasteiger partial charge in [0.25, 0.3) is 0 Å². The molecule has 4 aromatic carbocycles. The van der Waals surface area contributed by atoms with Crippen molar-refractivity contribution in [3.63, 3.8) is 0 Å². The minimum Gasteiger partial charge on any atom is -0.256 e. The highest BCUT2D eigenvalue weighted by Crippen LogP contribution is 2.44. The fraction of sp³-hybridized carbons (Fsp3) is 0.194. The molecule has 0 saturated heterocycles. The molecule has 1 nitrogen and oxygen atoms in total. The maximum atomic E-state index is 4.91. The largest absolute Gasteiger partial charge is 0.256 e. The van der Waals surface area contributed by atoms with Gasteiger partial charge in [0.05, 0.1) is 5.69 Å². The highest BCUT2D eigenvalue weighted by atomic mass is 14.7. The molecule has 154 valence electrons. The lowest BCUT2D eigenvalue weighted by atomic mass is 9.74. The molecule has 0 aliphatic heterocycles. The van der Waals surface area contributed by atoms with Crippen LogP contribution >= 0.6 is 0 Å². The molecule has 0 N–H and O–H groups in total. The van der Waals surface area contributed by atoms with Crippen LogP contribution in [0.3, 0.4) is 0 Å². The lowest BCUT2D eigenvalue weighted by molar-refractivity contribution is 0.877. The van der Waals surface area contributed by atoms with E-state index in [-0.39, 0.29) is 0 Å². The van der Waals surface area contributed by atoms with Crippen LogP contribution in [-0.4, -0.2) is 4.98 Å². The monoisotopic (exact) mass is 411 g/mol. The normalized spacial score (nSPS) is 14.1. The van der Waals surface area contributed by atoms with Gasteiger partial charge in [-0.2, -0.15) is 0 Å². The third kappa shape index (κ3) is 2.48. The topological polar surface area (TPSA) is 12.9 Å². The predicted octanol–water partition coefficient (Wildman–Crippen LogP) is 7.54. The van der Waals surface area contributed by atoms with Gasteiger partial charge in [-0.15, -0.1) is 0 Å². The van der Waals surface area contributed by atoms with E-state index in [4.69, 9.17) is 4.98 Å². The van der Waals surface area contributed by atoms with E-state index in [1.165, 1.54) is 71.6 Å². The number of benzene rings is 4. The van der Waals surface area contributed by atoms with Crippen molar-refractivity contribution < 1.29 is 0 Å². The van der Waals surface area contributed by atoms with Gasteiger partial charge in [-0.3, -0.25) is 4.98 Å². The van der Waals surface area contributed by atoms with Crippen molar-refractivity contribution in [2.45, 2.75) is 39.5 Å². The highest BCUT2D eigenvalue weighted by molar-refractivity contribution is 6.12. The van der Waals surface area contributed by atoms with E-state index in [0.717, 1.165) is 31.4 Å². The first-order valence-corrected chi connectivity index (χ1v) is 11.7. The van der Waals surface area contributed by atoms with E-state index in [1.54, 1.807) is 0 Å². The summed E-state index contributed by atoms with van der Waals surface area (Å²) < 4.78 is 0. The molecule has 2 aliphatic carbocycles. The Morgan fingerprint density at radius 1 is 0.594 bits per heavy atom. The Bertz CT molecular complexity index is 1540. The van der Waals surface area contributed by atoms with Gasteiger partial charge < -0.3 is 0 Å². The van der Waals surface area contributed by atoms with Crippen LogP contribution in [0.25, 0.3) is 43.9 Å². The minimum atomic E-state index is 1.12. The van der Waals surface area contributed by atoms with Gasteiger partial charge in [-0.1, -0.05) is 48.0 Å². The first-order chi connectivity index (χ1) is 15.7. The Hall–Kier alpha value is -3.45. The molecule has 1 aromatic heterocycles. The van der Waals surface area contributed by atoms with E-state index >= 15 is 0 Å². The van der Waals surface area contributed by atoms with Crippen molar-refractivity contribution in [1.29, 1.82) is 0 Å². The first kappa shape index (κ1) is 18.2. The van der Waals surface area contributed by atoms with Crippen molar-refractivity contribution >= 4 is 21.5 Å². The molecule has 0 saturated carbocycles. The summed E-state index contributed by atoms with van der Waals surface area (Å²) in [5.41, 5.74) is 14.2. The summed E-state index contributed by atoms with van der Waals surface area (Å²) >= 11 is 0. The van der Waals surface area contributed by atoms with E-state index < -0.39 is 0 Å². The van der Waals surface area contributed by atoms with Crippen LogP contribution < -0.4 is 0 Å². The van der Waals surface area contributed by atoms with Crippen molar-refractivity contribution in [3.05, 3.63) is 100 Å². The van der Waals surface area contributed by atoms with Gasteiger partial charge >= 0.3 is 0 Å². The average molecular weight is 412 g/mol. The number of fused-ring (bicyclic) bond motifs is 3. The maximum Gasteiger partial charge on any atom is 0.0780 e. The van der Waals surface area contributed by atoms with Crippen molar-refractivity contribution in [3.8, 4) is 22.4 Å². The lowest BCUT2D eigenvalue weighted by Gasteiger charge is -2.30. The lowest BCUT2D eigenvalue weighted by Crippen LogP contribution is -2.14. The number of hydrogen-bond acceptors (Lipinski definition) is 1. The van der Waals surface area contributed by atoms with Gasteiger partial charge in [0.2, 0.25) is 0 Å². The van der Waals surface area contributed by atoms with Crippen LogP contribution in [-0.2, 0) is 25.7 Å². The fourth-order valence-corrected chi connectivity index (χ4v) is 6.25. The number of nitrogens with zero attached hydrogens (tertiary/aromatic N) is 1. The molecule has 0 fully saturated rings. The van der Waals surface area contributed by atoms with Crippen LogP contribution in [0.1, 0.15) is 33.4 Å². The van der Waals surface area contributed by atoms with E-state index in [9.17, 15) is 0 Å². The Morgan fingerprint density at radius 3 is 2.00 bits per heavy atom. The third-order valence-electron chi connectivity index (χ3n) is 7.62. The van der Waals surface area contributed by atoms with Gasteiger partial charge in [0.1, 0.15) is 0 Å². The molecule has 0 bridgehead atoms. The maximum absolute atomic E-state index is 4.91. The molecular weight excluding hydrogens is 386 g/mol. The van der Waals surface area contributed by atoms with Gasteiger partial charge in [0, 0.05) is 17.1 Å². The smallest absolute Gasteiger partial charge is 0.0780 e. The van der Waals surface area contributed by atoms with E-state index in [2.05, 4.69) is 74.5 Å². The molecule has 0 atom stereocenters. The zero-order valence-corrected chi connectivity index (χ0v) is 18.6. The zero-order chi connectivity index (χ0) is 21.4. The van der Waals surface area contributed by atoms with Crippen LogP contribution in [0.4, 0.5) is 0 Å². The molecule has 0 spiro atoms. The molecule has 32 heavy (non-hydrogen) atoms. The number of hydrogen-bond donors (Lipinski definition) is 0. The summed E-state index contributed by atoms with van der Waals surface area (Å²) in [6, 6.07) is 23.1. The summed E-state index contributed by atoms with van der Waals surface area (Å²) in [7, 11) is 0. The Kier molecular flexibility index (Phi) is 3.70. The molecule has 1 heterocycles. The molecule has 2 aliphatic rings. The second kappa shape index (κ2) is 6.53. The van der Waals surface area contributed by atoms with E-state index in [1.807, 2.05) is 6.20 Å². The van der Waals surface area contributed by atoms with Gasteiger partial charge in [-0.25, -0.2) is 0 Å². The molecule has 1 heteroatoms. The minimum absolute atomic E-state index is 1.12. The quantitative estimate of drug-likeness (QED) is 0.260. The number of pyridine rings is 1. The molecule has 0 amide bonds. The molecule has 0 unspecified atom stereocenters. The number of aryl methyl sites for hydroxylation is 6. The summed E-state index contributed by atoms with van der Waals surface area (Å²) in [5, 5.41) is 5.23. The first-order valence-electron chi connectivity index (χ1n) is 11.7. The third-order valence-corrected chi connectivity index (χ3v) is 7.62. The summed E-state index contributed by atoms with van der Waals surface area (Å²) in [4.78, 5) is 4.91. The molecule has 0 radical (unpaired) electrons. The van der Waals surface area contributed by atoms with Crippen LogP contribution in [0.15, 0.2) is 66.9 Å². The molecule has 7 rings (SSSR count). The number of rotatable bonds is 1. The fourth-order valence-electron chi connectivity index (χ4n) is 6.25. The summed E-state index contributed by atoms with van der Waals surface area (Å²) in [5.74, 6) is 0. The zero-order valence-electron chi connectivity index (χ0n) is 18.6. The SMILES string of the molecule is Cc1cc(C)c2ccc3c(-c4cc5c6c(c4)CCc4cccc(c4-6)CC5)nccc3c2c1. The second-order valence-electron chi connectivity index (χ2n) is 9.62. The molecular formula is C31H25N. The predicted molar refractivity (Wildman–Crippen MR) is 134 cm³/mol. The standard InChI is InChI=1S/C31H25N/c1-18-14-19(2)25-10-11-27-26(28(25)15-18)12-13-32-31(27)24-16-22-8-6-20-4-3-5-21-7-9-23(17-24)30(22)29(20)21/h3-5,10-17H,6-9H2,1-2H3. The van der Waals surface area contributed by atoms with Crippen LogP contribution in [0.2, 0.25) is 0 Å². The van der Waals surface area contributed by atoms with Crippen LogP contribution in [0, 0.1) is 13.8 Å². The van der Waals surface area contributed by atoms with E-state index in [0.29, 0.717) is 0 Å². The highest BCUT2D eigenvalue weighted by Gasteiger charge is 2.26. The summed E-state index contributed by atoms with van der Waals surface area (Å²) in [6.07, 6.45) is 6.53. The van der Waals surface area contributed by atoms with Gasteiger partial charge in [0.15, 0.2) is 0 Å². The van der Waals surface area contributed by atoms with Crippen molar-refractivity contribution in [1.82, 2.24) is 4.98 Å². The van der Waals surface area contributed by atoms with Crippen LogP contribution in [0.5, 0.6) is 0 Å². The Balaban J connectivity index is 1.49. The van der Waals surface area contributed by atoms with Crippen molar-refractivity contribution in [2.75, 3.05) is 0 Å².